The highest BCUT2D eigenvalue weighted by molar-refractivity contribution is 5.89. The van der Waals surface area contributed by atoms with Crippen molar-refractivity contribution in [2.75, 3.05) is 26.4 Å². The van der Waals surface area contributed by atoms with E-state index in [1.807, 2.05) is 30.3 Å². The first kappa shape index (κ1) is 25.9. The third kappa shape index (κ3) is 11.2. The minimum Gasteiger partial charge on any atom is -0.484 e. The summed E-state index contributed by atoms with van der Waals surface area (Å²) in [7, 11) is 0. The van der Waals surface area contributed by atoms with Crippen molar-refractivity contribution in [1.29, 1.82) is 0 Å². The molecule has 0 aliphatic carbocycles. The van der Waals surface area contributed by atoms with Crippen LogP contribution in [0.4, 0.5) is 0 Å². The zero-order valence-corrected chi connectivity index (χ0v) is 19.3. The van der Waals surface area contributed by atoms with Gasteiger partial charge in [-0.2, -0.15) is 0 Å². The zero-order valence-electron chi connectivity index (χ0n) is 19.3. The van der Waals surface area contributed by atoms with Gasteiger partial charge in [-0.25, -0.2) is 4.79 Å². The monoisotopic (exact) mass is 457 g/mol. The maximum atomic E-state index is 12.2. The van der Waals surface area contributed by atoms with Crippen molar-refractivity contribution >= 4 is 17.8 Å². The minimum atomic E-state index is -0.521. The van der Waals surface area contributed by atoms with Crippen molar-refractivity contribution in [3.05, 3.63) is 65.7 Å². The van der Waals surface area contributed by atoms with Crippen LogP contribution in [0.2, 0.25) is 0 Å². The van der Waals surface area contributed by atoms with E-state index >= 15 is 0 Å². The molecule has 8 nitrogen and oxygen atoms in total. The van der Waals surface area contributed by atoms with E-state index in [9.17, 15) is 14.4 Å². The predicted octanol–water partition coefficient (Wildman–Crippen LogP) is 3.29. The first-order valence-corrected chi connectivity index (χ1v) is 10.7. The normalized spacial score (nSPS) is 10.9. The molecule has 0 heterocycles. The van der Waals surface area contributed by atoms with Gasteiger partial charge in [-0.1, -0.05) is 36.4 Å². The number of nitrogens with one attached hydrogen (secondary N) is 1. The summed E-state index contributed by atoms with van der Waals surface area (Å²) in [6.45, 7) is 6.13. The van der Waals surface area contributed by atoms with Crippen molar-refractivity contribution in [3.8, 4) is 5.75 Å². The molecule has 8 heteroatoms. The number of hydrogen-bond donors (Lipinski definition) is 1. The van der Waals surface area contributed by atoms with Crippen LogP contribution in [0.15, 0.2) is 54.6 Å². The Morgan fingerprint density at radius 3 is 2.42 bits per heavy atom. The first-order valence-electron chi connectivity index (χ1n) is 10.7. The molecule has 0 spiro atoms. The van der Waals surface area contributed by atoms with Crippen molar-refractivity contribution < 1.29 is 33.3 Å². The van der Waals surface area contributed by atoms with E-state index in [0.717, 1.165) is 5.56 Å². The topological polar surface area (TPSA) is 100 Å². The van der Waals surface area contributed by atoms with Gasteiger partial charge in [-0.05, 0) is 44.5 Å². The highest BCUT2D eigenvalue weighted by Crippen LogP contribution is 2.15. The van der Waals surface area contributed by atoms with Crippen molar-refractivity contribution in [2.45, 2.75) is 39.4 Å². The Morgan fingerprint density at radius 2 is 1.70 bits per heavy atom. The zero-order chi connectivity index (χ0) is 24.1. The van der Waals surface area contributed by atoms with Gasteiger partial charge in [0.15, 0.2) is 6.61 Å². The fourth-order valence-electron chi connectivity index (χ4n) is 2.63. The van der Waals surface area contributed by atoms with E-state index in [1.165, 1.54) is 6.07 Å². The Bertz CT molecular complexity index is 906. The van der Waals surface area contributed by atoms with Crippen molar-refractivity contribution in [1.82, 2.24) is 5.32 Å². The van der Waals surface area contributed by atoms with Crippen molar-refractivity contribution in [3.63, 3.8) is 0 Å². The molecule has 2 aromatic rings. The maximum absolute atomic E-state index is 12.2. The van der Waals surface area contributed by atoms with Gasteiger partial charge in [-0.15, -0.1) is 0 Å². The molecule has 178 valence electrons. The lowest BCUT2D eigenvalue weighted by Crippen LogP contribution is -2.32. The number of ether oxygens (including phenoxy) is 4. The lowest BCUT2D eigenvalue weighted by Gasteiger charge is -2.19. The molecular weight excluding hydrogens is 426 g/mol. The Labute approximate surface area is 194 Å². The number of hydrogen-bond acceptors (Lipinski definition) is 7. The van der Waals surface area contributed by atoms with E-state index in [-0.39, 0.29) is 51.3 Å². The van der Waals surface area contributed by atoms with Crippen LogP contribution >= 0.6 is 0 Å². The van der Waals surface area contributed by atoms with Crippen LogP contribution in [0.5, 0.6) is 5.75 Å². The highest BCUT2D eigenvalue weighted by atomic mass is 16.6. The van der Waals surface area contributed by atoms with Crippen LogP contribution in [0.3, 0.4) is 0 Å². The smallest absolute Gasteiger partial charge is 0.338 e. The number of benzene rings is 2. The van der Waals surface area contributed by atoms with Crippen LogP contribution in [-0.2, 0) is 30.4 Å². The lowest BCUT2D eigenvalue weighted by atomic mass is 10.2. The number of rotatable bonds is 12. The second-order valence-corrected chi connectivity index (χ2v) is 8.18. The summed E-state index contributed by atoms with van der Waals surface area (Å²) < 4.78 is 21.3. The lowest BCUT2D eigenvalue weighted by molar-refractivity contribution is -0.156. The van der Waals surface area contributed by atoms with Gasteiger partial charge in [0, 0.05) is 6.54 Å². The minimum absolute atomic E-state index is 0.151. The molecule has 0 aliphatic heterocycles. The summed E-state index contributed by atoms with van der Waals surface area (Å²) in [6.07, 6.45) is 0.151. The molecule has 0 saturated heterocycles. The second-order valence-electron chi connectivity index (χ2n) is 8.18. The van der Waals surface area contributed by atoms with Gasteiger partial charge in [0.05, 0.1) is 25.2 Å². The average molecular weight is 458 g/mol. The van der Waals surface area contributed by atoms with Crippen LogP contribution < -0.4 is 10.1 Å². The molecule has 0 saturated carbocycles. The summed E-state index contributed by atoms with van der Waals surface area (Å²) in [5.74, 6) is -0.751. The first-order chi connectivity index (χ1) is 15.7. The van der Waals surface area contributed by atoms with Crippen LogP contribution in [0.25, 0.3) is 0 Å². The van der Waals surface area contributed by atoms with Crippen LogP contribution in [0.1, 0.15) is 43.1 Å². The van der Waals surface area contributed by atoms with Gasteiger partial charge in [-0.3, -0.25) is 9.59 Å². The fraction of sp³-hybridized carbons (Fsp3) is 0.400. The third-order valence-corrected chi connectivity index (χ3v) is 4.09. The Kier molecular flexibility index (Phi) is 10.4. The van der Waals surface area contributed by atoms with Gasteiger partial charge < -0.3 is 24.3 Å². The summed E-state index contributed by atoms with van der Waals surface area (Å²) in [6, 6.07) is 15.8. The molecule has 0 aromatic heterocycles. The summed E-state index contributed by atoms with van der Waals surface area (Å²) in [5, 5.41) is 2.66. The molecule has 0 radical (unpaired) electrons. The highest BCUT2D eigenvalue weighted by Gasteiger charge is 2.15. The van der Waals surface area contributed by atoms with Crippen LogP contribution in [0, 0.1) is 0 Å². The number of carbonyl (C=O) groups is 3. The van der Waals surface area contributed by atoms with Gasteiger partial charge in [0.25, 0.3) is 5.91 Å². The number of carbonyl (C=O) groups excluding carboxylic acids is 3. The predicted molar refractivity (Wildman–Crippen MR) is 122 cm³/mol. The van der Waals surface area contributed by atoms with E-state index in [0.29, 0.717) is 11.3 Å². The largest absolute Gasteiger partial charge is 0.484 e. The molecule has 33 heavy (non-hydrogen) atoms. The van der Waals surface area contributed by atoms with Crippen LogP contribution in [-0.4, -0.2) is 49.8 Å². The Hall–Kier alpha value is -3.39. The molecule has 2 rings (SSSR count). The van der Waals surface area contributed by atoms with E-state index in [2.05, 4.69) is 5.32 Å². The molecule has 1 N–H and O–H groups in total. The molecule has 2 aromatic carbocycles. The molecule has 0 bridgehead atoms. The summed E-state index contributed by atoms with van der Waals surface area (Å²) in [5.41, 5.74) is 0.707. The van der Waals surface area contributed by atoms with Gasteiger partial charge in [0.2, 0.25) is 0 Å². The van der Waals surface area contributed by atoms with Crippen molar-refractivity contribution in [2.24, 2.45) is 0 Å². The molecule has 0 atom stereocenters. The second kappa shape index (κ2) is 13.2. The maximum Gasteiger partial charge on any atom is 0.338 e. The summed E-state index contributed by atoms with van der Waals surface area (Å²) >= 11 is 0. The molecule has 1 amide bonds. The molecule has 0 aliphatic rings. The molecule has 0 unspecified atom stereocenters. The van der Waals surface area contributed by atoms with Gasteiger partial charge in [0.1, 0.15) is 18.0 Å². The number of amides is 1. The fourth-order valence-corrected chi connectivity index (χ4v) is 2.63. The molecule has 0 fully saturated rings. The van der Waals surface area contributed by atoms with E-state index < -0.39 is 11.6 Å². The van der Waals surface area contributed by atoms with Gasteiger partial charge >= 0.3 is 11.9 Å². The van der Waals surface area contributed by atoms with E-state index in [4.69, 9.17) is 18.9 Å². The third-order valence-electron chi connectivity index (χ3n) is 4.09. The Morgan fingerprint density at radius 1 is 0.939 bits per heavy atom. The standard InChI is InChI=1S/C25H31NO7/c1-25(2,3)33-23(28)12-14-30-15-13-26-22(27)18-31-21-11-7-10-20(16-21)24(29)32-17-19-8-5-4-6-9-19/h4-11,16H,12-15,17-18H2,1-3H3,(H,26,27). The quantitative estimate of drug-likeness (QED) is 0.386. The average Bonchev–Trinajstić information content (AvgIpc) is 2.78. The number of esters is 2. The molecular formula is C25H31NO7. The SMILES string of the molecule is CC(C)(C)OC(=O)CCOCCNC(=O)COc1cccc(C(=O)OCc2ccccc2)c1. The summed E-state index contributed by atoms with van der Waals surface area (Å²) in [4.78, 5) is 35.8. The van der Waals surface area contributed by atoms with E-state index in [1.54, 1.807) is 39.0 Å². The Balaban J connectivity index is 1.62.